The van der Waals surface area contributed by atoms with Gasteiger partial charge in [-0.2, -0.15) is 0 Å². The summed E-state index contributed by atoms with van der Waals surface area (Å²) in [5.41, 5.74) is 3.17. The van der Waals surface area contributed by atoms with E-state index in [2.05, 4.69) is 22.4 Å². The molecule has 2 aliphatic rings. The van der Waals surface area contributed by atoms with Gasteiger partial charge in [-0.25, -0.2) is 0 Å². The molecule has 0 amide bonds. The van der Waals surface area contributed by atoms with Crippen LogP contribution in [0.25, 0.3) is 16.7 Å². The summed E-state index contributed by atoms with van der Waals surface area (Å²) < 4.78 is 5.94. The fraction of sp³-hybridized carbons (Fsp3) is 0.400. The summed E-state index contributed by atoms with van der Waals surface area (Å²) in [5.74, 6) is 1.78. The summed E-state index contributed by atoms with van der Waals surface area (Å²) >= 11 is 0. The zero-order chi connectivity index (χ0) is 11.9. The number of nitrogens with zero attached hydrogens (tertiary/aromatic N) is 1. The van der Waals surface area contributed by atoms with Crippen LogP contribution in [-0.4, -0.2) is 17.6 Å². The molecule has 2 aromatic rings. The van der Waals surface area contributed by atoms with Gasteiger partial charge in [0, 0.05) is 23.9 Å². The fourth-order valence-corrected chi connectivity index (χ4v) is 3.28. The standard InChI is InChI=1S/C15H16N2O/c1-3-10-6-8-17-15(10)11(4-1)14-9-12-13(18-14)5-2-7-16-12/h2,4-5,7,9-10,15,17H,1,3,6,8H2/t10-,15+/m1/s1. The van der Waals surface area contributed by atoms with E-state index in [1.165, 1.54) is 24.8 Å². The van der Waals surface area contributed by atoms with Gasteiger partial charge in [-0.15, -0.1) is 0 Å². The maximum atomic E-state index is 5.94. The SMILES string of the molecule is C1=C(c2cc3ncccc3o2)[C@H]2NCC[C@H]2CC1. The molecule has 0 radical (unpaired) electrons. The lowest BCUT2D eigenvalue weighted by Crippen LogP contribution is -2.30. The number of pyridine rings is 1. The topological polar surface area (TPSA) is 38.1 Å². The zero-order valence-corrected chi connectivity index (χ0v) is 10.2. The predicted octanol–water partition coefficient (Wildman–Crippen LogP) is 2.98. The molecule has 3 nitrogen and oxygen atoms in total. The molecule has 1 aliphatic carbocycles. The van der Waals surface area contributed by atoms with Crippen LogP contribution < -0.4 is 5.32 Å². The number of rotatable bonds is 1. The molecule has 1 aliphatic heterocycles. The molecule has 2 aromatic heterocycles. The average Bonchev–Trinajstić information content (AvgIpc) is 3.04. The molecule has 0 spiro atoms. The summed E-state index contributed by atoms with van der Waals surface area (Å²) in [5, 5.41) is 3.60. The van der Waals surface area contributed by atoms with Gasteiger partial charge in [-0.1, -0.05) is 6.08 Å². The number of hydrogen-bond donors (Lipinski definition) is 1. The zero-order valence-electron chi connectivity index (χ0n) is 10.2. The molecule has 0 unspecified atom stereocenters. The van der Waals surface area contributed by atoms with Crippen LogP contribution in [0.1, 0.15) is 25.0 Å². The summed E-state index contributed by atoms with van der Waals surface area (Å²) in [6.07, 6.45) is 7.91. The van der Waals surface area contributed by atoms with Crippen LogP contribution in [0.2, 0.25) is 0 Å². The van der Waals surface area contributed by atoms with Crippen molar-refractivity contribution in [2.24, 2.45) is 5.92 Å². The molecule has 3 heteroatoms. The van der Waals surface area contributed by atoms with E-state index in [0.29, 0.717) is 6.04 Å². The first-order valence-corrected chi connectivity index (χ1v) is 6.70. The van der Waals surface area contributed by atoms with Crippen LogP contribution >= 0.6 is 0 Å². The van der Waals surface area contributed by atoms with Crippen molar-refractivity contribution < 1.29 is 4.42 Å². The first-order valence-electron chi connectivity index (χ1n) is 6.70. The van der Waals surface area contributed by atoms with Gasteiger partial charge in [-0.05, 0) is 43.9 Å². The minimum Gasteiger partial charge on any atom is -0.455 e. The van der Waals surface area contributed by atoms with E-state index < -0.39 is 0 Å². The van der Waals surface area contributed by atoms with Crippen molar-refractivity contribution in [2.45, 2.75) is 25.3 Å². The molecule has 18 heavy (non-hydrogen) atoms. The molecule has 92 valence electrons. The van der Waals surface area contributed by atoms with E-state index >= 15 is 0 Å². The number of allylic oxidation sites excluding steroid dienone is 1. The number of furan rings is 1. The molecule has 1 N–H and O–H groups in total. The Morgan fingerprint density at radius 1 is 1.33 bits per heavy atom. The summed E-state index contributed by atoms with van der Waals surface area (Å²) in [6.45, 7) is 1.13. The molecule has 3 heterocycles. The lowest BCUT2D eigenvalue weighted by Gasteiger charge is -2.25. The van der Waals surface area contributed by atoms with Crippen LogP contribution in [0.5, 0.6) is 0 Å². The lowest BCUT2D eigenvalue weighted by atomic mass is 9.84. The Morgan fingerprint density at radius 2 is 2.33 bits per heavy atom. The Hall–Kier alpha value is -1.61. The molecule has 0 saturated carbocycles. The fourth-order valence-electron chi connectivity index (χ4n) is 3.28. The molecule has 0 aromatic carbocycles. The highest BCUT2D eigenvalue weighted by molar-refractivity contribution is 5.79. The van der Waals surface area contributed by atoms with Gasteiger partial charge in [0.1, 0.15) is 11.3 Å². The monoisotopic (exact) mass is 240 g/mol. The number of nitrogens with one attached hydrogen (secondary N) is 1. The Morgan fingerprint density at radius 3 is 3.28 bits per heavy atom. The minimum atomic E-state index is 0.485. The van der Waals surface area contributed by atoms with Crippen molar-refractivity contribution in [1.29, 1.82) is 0 Å². The van der Waals surface area contributed by atoms with Gasteiger partial charge in [0.2, 0.25) is 0 Å². The maximum absolute atomic E-state index is 5.94. The van der Waals surface area contributed by atoms with Gasteiger partial charge in [0.15, 0.2) is 5.58 Å². The highest BCUT2D eigenvalue weighted by Gasteiger charge is 2.33. The van der Waals surface area contributed by atoms with Gasteiger partial charge in [0.05, 0.1) is 0 Å². The Balaban J connectivity index is 1.79. The second-order valence-corrected chi connectivity index (χ2v) is 5.21. The van der Waals surface area contributed by atoms with Crippen LogP contribution in [0, 0.1) is 5.92 Å². The number of fused-ring (bicyclic) bond motifs is 2. The highest BCUT2D eigenvalue weighted by Crippen LogP contribution is 2.37. The first kappa shape index (κ1) is 10.3. The Labute approximate surface area is 106 Å². The third kappa shape index (κ3) is 1.51. The van der Waals surface area contributed by atoms with Crippen molar-refractivity contribution in [3.05, 3.63) is 36.2 Å². The summed E-state index contributed by atoms with van der Waals surface area (Å²) in [4.78, 5) is 4.34. The molecule has 1 saturated heterocycles. The average molecular weight is 240 g/mol. The van der Waals surface area contributed by atoms with Crippen molar-refractivity contribution >= 4 is 16.7 Å². The van der Waals surface area contributed by atoms with Crippen molar-refractivity contribution in [3.8, 4) is 0 Å². The normalized spacial score (nSPS) is 27.2. The van der Waals surface area contributed by atoms with Crippen molar-refractivity contribution in [1.82, 2.24) is 10.3 Å². The Bertz CT molecular complexity index is 581. The molecule has 4 rings (SSSR count). The van der Waals surface area contributed by atoms with Crippen LogP contribution in [-0.2, 0) is 0 Å². The summed E-state index contributed by atoms with van der Waals surface area (Å²) in [6, 6.07) is 6.46. The molecule has 1 fully saturated rings. The van der Waals surface area contributed by atoms with Crippen LogP contribution in [0.15, 0.2) is 34.9 Å². The second kappa shape index (κ2) is 3.95. The van der Waals surface area contributed by atoms with Crippen molar-refractivity contribution in [3.63, 3.8) is 0 Å². The third-order valence-electron chi connectivity index (χ3n) is 4.16. The highest BCUT2D eigenvalue weighted by atomic mass is 16.3. The third-order valence-corrected chi connectivity index (χ3v) is 4.16. The Kier molecular flexibility index (Phi) is 2.27. The van der Waals surface area contributed by atoms with E-state index in [1.807, 2.05) is 18.3 Å². The van der Waals surface area contributed by atoms with Gasteiger partial charge in [0.25, 0.3) is 0 Å². The maximum Gasteiger partial charge on any atom is 0.153 e. The molecule has 2 atom stereocenters. The van der Waals surface area contributed by atoms with Crippen LogP contribution in [0.4, 0.5) is 0 Å². The molecular weight excluding hydrogens is 224 g/mol. The van der Waals surface area contributed by atoms with Crippen LogP contribution in [0.3, 0.4) is 0 Å². The van der Waals surface area contributed by atoms with E-state index in [4.69, 9.17) is 4.42 Å². The quantitative estimate of drug-likeness (QED) is 0.832. The van der Waals surface area contributed by atoms with E-state index in [-0.39, 0.29) is 0 Å². The van der Waals surface area contributed by atoms with Gasteiger partial charge in [-0.3, -0.25) is 4.98 Å². The number of aromatic nitrogens is 1. The largest absolute Gasteiger partial charge is 0.455 e. The van der Waals surface area contributed by atoms with E-state index in [9.17, 15) is 0 Å². The number of hydrogen-bond acceptors (Lipinski definition) is 3. The lowest BCUT2D eigenvalue weighted by molar-refractivity contribution is 0.460. The van der Waals surface area contributed by atoms with E-state index in [0.717, 1.165) is 29.3 Å². The van der Waals surface area contributed by atoms with Gasteiger partial charge < -0.3 is 9.73 Å². The van der Waals surface area contributed by atoms with Crippen molar-refractivity contribution in [2.75, 3.05) is 6.54 Å². The first-order chi connectivity index (χ1) is 8.92. The van der Waals surface area contributed by atoms with Gasteiger partial charge >= 0.3 is 0 Å². The molecular formula is C15H16N2O. The molecule has 0 bridgehead atoms. The smallest absolute Gasteiger partial charge is 0.153 e. The second-order valence-electron chi connectivity index (χ2n) is 5.21. The minimum absolute atomic E-state index is 0.485. The van der Waals surface area contributed by atoms with E-state index in [1.54, 1.807) is 0 Å². The summed E-state index contributed by atoms with van der Waals surface area (Å²) in [7, 11) is 0. The predicted molar refractivity (Wildman–Crippen MR) is 71.1 cm³/mol.